The lowest BCUT2D eigenvalue weighted by Gasteiger charge is -2.28. The van der Waals surface area contributed by atoms with Crippen molar-refractivity contribution < 1.29 is 18.6 Å². The Balaban J connectivity index is 2.01. The van der Waals surface area contributed by atoms with Crippen LogP contribution in [-0.4, -0.2) is 22.9 Å². The fourth-order valence-electron chi connectivity index (χ4n) is 2.50. The van der Waals surface area contributed by atoms with Crippen molar-refractivity contribution in [3.63, 3.8) is 0 Å². The van der Waals surface area contributed by atoms with E-state index in [1.165, 1.54) is 6.20 Å². The van der Waals surface area contributed by atoms with Gasteiger partial charge in [-0.1, -0.05) is 0 Å². The normalized spacial score (nSPS) is 24.4. The highest BCUT2D eigenvalue weighted by molar-refractivity contribution is 5.51. The Morgan fingerprint density at radius 1 is 1.33 bits per heavy atom. The van der Waals surface area contributed by atoms with Crippen LogP contribution in [0.25, 0.3) is 0 Å². The fraction of sp³-hybridized carbons (Fsp3) is 0.667. The molecule has 1 fully saturated rings. The summed E-state index contributed by atoms with van der Waals surface area (Å²) < 4.78 is 30.5. The molecule has 0 atom stereocenters. The second-order valence-electron chi connectivity index (χ2n) is 4.76. The molecule has 0 bridgehead atoms. The van der Waals surface area contributed by atoms with Gasteiger partial charge >= 0.3 is 6.61 Å². The minimum absolute atomic E-state index is 0.0364. The van der Waals surface area contributed by atoms with Gasteiger partial charge in [0.1, 0.15) is 0 Å². The summed E-state index contributed by atoms with van der Waals surface area (Å²) in [6.45, 7) is -2.63. The van der Waals surface area contributed by atoms with Gasteiger partial charge in [-0.15, -0.1) is 0 Å². The summed E-state index contributed by atoms with van der Waals surface area (Å²) in [4.78, 5) is 0. The van der Waals surface area contributed by atoms with Gasteiger partial charge in [0.15, 0.2) is 5.75 Å². The Morgan fingerprint density at radius 3 is 2.56 bits per heavy atom. The first kappa shape index (κ1) is 13.1. The van der Waals surface area contributed by atoms with E-state index in [4.69, 9.17) is 10.8 Å². The molecule has 1 aliphatic carbocycles. The first-order valence-electron chi connectivity index (χ1n) is 6.12. The van der Waals surface area contributed by atoms with E-state index < -0.39 is 6.61 Å². The zero-order valence-electron chi connectivity index (χ0n) is 10.1. The van der Waals surface area contributed by atoms with Crippen molar-refractivity contribution in [3.8, 4) is 5.75 Å². The molecule has 0 saturated heterocycles. The molecule has 0 amide bonds. The molecule has 0 aromatic carbocycles. The third-order valence-electron chi connectivity index (χ3n) is 3.55. The molecule has 0 aliphatic heterocycles. The van der Waals surface area contributed by atoms with E-state index in [0.717, 1.165) is 25.7 Å². The van der Waals surface area contributed by atoms with Crippen molar-refractivity contribution in [1.29, 1.82) is 0 Å². The molecule has 0 radical (unpaired) electrons. The van der Waals surface area contributed by atoms with Crippen LogP contribution in [0.1, 0.15) is 31.7 Å². The van der Waals surface area contributed by atoms with Gasteiger partial charge in [-0.3, -0.25) is 0 Å². The lowest BCUT2D eigenvalue weighted by atomic mass is 9.86. The topological polar surface area (TPSA) is 60.4 Å². The molecular formula is C12H18F2N2O2. The van der Waals surface area contributed by atoms with Gasteiger partial charge in [0.25, 0.3) is 0 Å². The highest BCUT2D eigenvalue weighted by Crippen LogP contribution is 2.35. The highest BCUT2D eigenvalue weighted by atomic mass is 19.3. The SMILES string of the molecule is Nc1cn([C@H]2CC[C@H](CO)CC2)cc1OC(F)F. The molecule has 4 nitrogen and oxygen atoms in total. The standard InChI is InChI=1S/C12H18F2N2O2/c13-12(14)18-11-6-16(5-10(11)15)9-3-1-8(7-17)2-4-9/h5-6,8-9,12,17H,1-4,7,15H2/t8-,9-. The van der Waals surface area contributed by atoms with Gasteiger partial charge in [0.05, 0.1) is 5.69 Å². The molecule has 1 saturated carbocycles. The van der Waals surface area contributed by atoms with Gasteiger partial charge in [-0.2, -0.15) is 8.78 Å². The number of hydrogen-bond acceptors (Lipinski definition) is 3. The summed E-state index contributed by atoms with van der Waals surface area (Å²) in [5.74, 6) is 0.403. The third-order valence-corrected chi connectivity index (χ3v) is 3.55. The van der Waals surface area contributed by atoms with E-state index in [0.29, 0.717) is 5.92 Å². The summed E-state index contributed by atoms with van der Waals surface area (Å²) in [6, 6.07) is 0.255. The van der Waals surface area contributed by atoms with E-state index in [2.05, 4.69) is 4.74 Å². The summed E-state index contributed by atoms with van der Waals surface area (Å²) in [5.41, 5.74) is 5.87. The average molecular weight is 260 g/mol. The molecule has 1 aromatic rings. The minimum Gasteiger partial charge on any atom is -0.431 e. The van der Waals surface area contributed by atoms with E-state index in [1.54, 1.807) is 6.20 Å². The van der Waals surface area contributed by atoms with Gasteiger partial charge in [-0.25, -0.2) is 0 Å². The molecule has 102 valence electrons. The minimum atomic E-state index is -2.85. The number of ether oxygens (including phenoxy) is 1. The van der Waals surface area contributed by atoms with Crippen molar-refractivity contribution in [2.45, 2.75) is 38.3 Å². The molecular weight excluding hydrogens is 242 g/mol. The summed E-state index contributed by atoms with van der Waals surface area (Å²) in [5, 5.41) is 9.07. The van der Waals surface area contributed by atoms with Crippen molar-refractivity contribution in [1.82, 2.24) is 4.57 Å². The maximum Gasteiger partial charge on any atom is 0.387 e. The predicted molar refractivity (Wildman–Crippen MR) is 63.6 cm³/mol. The molecule has 1 aromatic heterocycles. The number of nitrogen functional groups attached to an aromatic ring is 1. The van der Waals surface area contributed by atoms with Gasteiger partial charge in [0.2, 0.25) is 0 Å². The molecule has 1 aliphatic rings. The van der Waals surface area contributed by atoms with Gasteiger partial charge < -0.3 is 20.1 Å². The Morgan fingerprint density at radius 2 is 2.00 bits per heavy atom. The third kappa shape index (κ3) is 2.93. The van der Waals surface area contributed by atoms with Crippen LogP contribution in [0.3, 0.4) is 0 Å². The molecule has 0 unspecified atom stereocenters. The van der Waals surface area contributed by atoms with Crippen LogP contribution in [0.2, 0.25) is 0 Å². The first-order valence-corrected chi connectivity index (χ1v) is 6.12. The van der Waals surface area contributed by atoms with Gasteiger partial charge in [-0.05, 0) is 31.6 Å². The van der Waals surface area contributed by atoms with Crippen LogP contribution >= 0.6 is 0 Å². The quantitative estimate of drug-likeness (QED) is 0.873. The highest BCUT2D eigenvalue weighted by Gasteiger charge is 2.23. The smallest absolute Gasteiger partial charge is 0.387 e. The number of rotatable bonds is 4. The van der Waals surface area contributed by atoms with Crippen molar-refractivity contribution in [2.24, 2.45) is 5.92 Å². The van der Waals surface area contributed by atoms with Crippen LogP contribution in [0, 0.1) is 5.92 Å². The largest absolute Gasteiger partial charge is 0.431 e. The number of nitrogens with two attached hydrogens (primary N) is 1. The predicted octanol–water partition coefficient (Wildman–Crippen LogP) is 2.40. The fourth-order valence-corrected chi connectivity index (χ4v) is 2.50. The molecule has 0 spiro atoms. The monoisotopic (exact) mass is 260 g/mol. The van der Waals surface area contributed by atoms with Crippen LogP contribution in [-0.2, 0) is 0 Å². The number of anilines is 1. The van der Waals surface area contributed by atoms with E-state index in [-0.39, 0.29) is 24.1 Å². The molecule has 1 heterocycles. The zero-order chi connectivity index (χ0) is 13.1. The number of hydrogen-bond donors (Lipinski definition) is 2. The van der Waals surface area contributed by atoms with E-state index >= 15 is 0 Å². The van der Waals surface area contributed by atoms with Crippen LogP contribution < -0.4 is 10.5 Å². The number of aliphatic hydroxyl groups excluding tert-OH is 1. The maximum atomic E-state index is 12.1. The Labute approximate surface area is 104 Å². The maximum absolute atomic E-state index is 12.1. The number of aliphatic hydroxyl groups is 1. The van der Waals surface area contributed by atoms with Crippen molar-refractivity contribution in [2.75, 3.05) is 12.3 Å². The Bertz CT molecular complexity index is 387. The first-order chi connectivity index (χ1) is 8.60. The summed E-state index contributed by atoms with van der Waals surface area (Å²) >= 11 is 0. The molecule has 3 N–H and O–H groups in total. The second kappa shape index (κ2) is 5.56. The number of alkyl halides is 2. The molecule has 2 rings (SSSR count). The van der Waals surface area contributed by atoms with Crippen molar-refractivity contribution in [3.05, 3.63) is 12.4 Å². The Hall–Kier alpha value is -1.30. The van der Waals surface area contributed by atoms with Crippen molar-refractivity contribution >= 4 is 5.69 Å². The summed E-state index contributed by atoms with van der Waals surface area (Å²) in [7, 11) is 0. The second-order valence-corrected chi connectivity index (χ2v) is 4.76. The average Bonchev–Trinajstić information content (AvgIpc) is 2.70. The number of halogens is 2. The van der Waals surface area contributed by atoms with Crippen LogP contribution in [0.5, 0.6) is 5.75 Å². The number of aromatic nitrogens is 1. The number of nitrogens with zero attached hydrogens (tertiary/aromatic N) is 1. The van der Waals surface area contributed by atoms with E-state index in [1.807, 2.05) is 4.57 Å². The molecule has 6 heteroatoms. The molecule has 18 heavy (non-hydrogen) atoms. The van der Waals surface area contributed by atoms with Crippen LogP contribution in [0.15, 0.2) is 12.4 Å². The van der Waals surface area contributed by atoms with E-state index in [9.17, 15) is 8.78 Å². The Kier molecular flexibility index (Phi) is 4.06. The summed E-state index contributed by atoms with van der Waals surface area (Å²) in [6.07, 6.45) is 6.92. The zero-order valence-corrected chi connectivity index (χ0v) is 10.1. The lowest BCUT2D eigenvalue weighted by Crippen LogP contribution is -2.19. The lowest BCUT2D eigenvalue weighted by molar-refractivity contribution is -0.0494. The van der Waals surface area contributed by atoms with Gasteiger partial charge in [0, 0.05) is 25.0 Å². The van der Waals surface area contributed by atoms with Crippen LogP contribution in [0.4, 0.5) is 14.5 Å².